The van der Waals surface area contributed by atoms with Gasteiger partial charge < -0.3 is 0 Å². The van der Waals surface area contributed by atoms with Crippen LogP contribution < -0.4 is 0 Å². The van der Waals surface area contributed by atoms with Crippen molar-refractivity contribution >= 4 is 40.7 Å². The summed E-state index contributed by atoms with van der Waals surface area (Å²) in [6.07, 6.45) is 2.61. The number of benzene rings is 2. The summed E-state index contributed by atoms with van der Waals surface area (Å²) < 4.78 is 0. The molecule has 2 aromatic carbocycles. The molecule has 1 aliphatic carbocycles. The number of amides is 3. The number of hydrogen-bond acceptors (Lipinski definition) is 7. The van der Waals surface area contributed by atoms with Crippen LogP contribution in [0.4, 0.5) is 11.4 Å². The number of hydrogen-bond donors (Lipinski definition) is 0. The third kappa shape index (κ3) is 4.21. The van der Waals surface area contributed by atoms with Gasteiger partial charge in [-0.1, -0.05) is 24.4 Å². The largest absolute Gasteiger partial charge is 0.275 e. The average Bonchev–Trinajstić information content (AvgIpc) is 3.08. The Balaban J connectivity index is 1.76. The fourth-order valence-corrected chi connectivity index (χ4v) is 4.66. The Bertz CT molecular complexity index is 1180. The molecule has 0 N–H and O–H groups in total. The molecule has 0 aromatic heterocycles. The topological polar surface area (TPSA) is 144 Å². The van der Waals surface area contributed by atoms with Gasteiger partial charge >= 0.3 is 0 Å². The molecule has 2 fully saturated rings. The minimum Gasteiger partial charge on any atom is -0.272 e. The van der Waals surface area contributed by atoms with Crippen LogP contribution in [0.3, 0.4) is 0 Å². The Kier molecular flexibility index (Phi) is 6.29. The molecule has 34 heavy (non-hydrogen) atoms. The molecule has 0 unspecified atom stereocenters. The molecule has 1 aliphatic heterocycles. The Hall–Kier alpha value is -3.86. The lowest BCUT2D eigenvalue weighted by Gasteiger charge is -2.30. The third-order valence-electron chi connectivity index (χ3n) is 6.18. The number of nitrogens with zero attached hydrogens (tertiary/aromatic N) is 4. The molecule has 11 nitrogen and oxygen atoms in total. The number of nitro benzene ring substituents is 2. The molecule has 1 saturated heterocycles. The molecule has 1 saturated carbocycles. The molecule has 1 heterocycles. The van der Waals surface area contributed by atoms with Crippen LogP contribution in [0.1, 0.15) is 41.6 Å². The van der Waals surface area contributed by atoms with Crippen molar-refractivity contribution in [2.24, 2.45) is 11.8 Å². The summed E-state index contributed by atoms with van der Waals surface area (Å²) in [5, 5.41) is 24.3. The first-order chi connectivity index (χ1) is 16.2. The van der Waals surface area contributed by atoms with Gasteiger partial charge in [0.05, 0.1) is 33.8 Å². The smallest absolute Gasteiger partial charge is 0.272 e. The highest BCUT2D eigenvalue weighted by molar-refractivity contribution is 6.30. The van der Waals surface area contributed by atoms with Gasteiger partial charge in [0, 0.05) is 28.8 Å². The minimum absolute atomic E-state index is 0.0160. The number of rotatable bonds is 6. The average molecular weight is 487 g/mol. The maximum absolute atomic E-state index is 13.5. The quantitative estimate of drug-likeness (QED) is 0.342. The van der Waals surface area contributed by atoms with Gasteiger partial charge in [-0.15, -0.1) is 0 Å². The van der Waals surface area contributed by atoms with Crippen molar-refractivity contribution in [3.63, 3.8) is 0 Å². The molecule has 12 heteroatoms. The van der Waals surface area contributed by atoms with Gasteiger partial charge in [0.1, 0.15) is 0 Å². The van der Waals surface area contributed by atoms with E-state index < -0.39 is 45.9 Å². The van der Waals surface area contributed by atoms with Gasteiger partial charge in [0.25, 0.3) is 29.1 Å². The summed E-state index contributed by atoms with van der Waals surface area (Å²) in [6, 6.07) is 8.57. The predicted octanol–water partition coefficient (Wildman–Crippen LogP) is 3.89. The van der Waals surface area contributed by atoms with Crippen molar-refractivity contribution in [2.75, 3.05) is 0 Å². The number of fused-ring (bicyclic) bond motifs is 1. The summed E-state index contributed by atoms with van der Waals surface area (Å²) in [5.74, 6) is -2.94. The number of halogens is 1. The van der Waals surface area contributed by atoms with E-state index in [9.17, 15) is 34.6 Å². The van der Waals surface area contributed by atoms with Gasteiger partial charge in [0.15, 0.2) is 0 Å². The van der Waals surface area contributed by atoms with E-state index in [0.29, 0.717) is 12.8 Å². The number of carbonyl (C=O) groups is 3. The standard InChI is InChI=1S/C22H19ClN4O7/c23-15-8-5-14(19(11-15)27(33)34)12-24(20(28)13-6-9-16(10-7-13)26(31)32)25-21(29)17-3-1-2-4-18(17)22(25)30/h5-11,17-18H,1-4,12H2/t17-,18+. The fraction of sp³-hybridized carbons (Fsp3) is 0.318. The lowest BCUT2D eigenvalue weighted by Crippen LogP contribution is -2.49. The highest BCUT2D eigenvalue weighted by Crippen LogP contribution is 2.39. The number of carbonyl (C=O) groups excluding carboxylic acids is 3. The van der Waals surface area contributed by atoms with Gasteiger partial charge in [-0.2, -0.15) is 5.01 Å². The third-order valence-corrected chi connectivity index (χ3v) is 6.42. The maximum atomic E-state index is 13.5. The SMILES string of the molecule is O=C(c1ccc([N+](=O)[O-])cc1)N(Cc1ccc(Cl)cc1[N+](=O)[O-])N1C(=O)[C@H]2CCCC[C@H]2C1=O. The molecule has 176 valence electrons. The van der Waals surface area contributed by atoms with Crippen LogP contribution in [0.25, 0.3) is 0 Å². The molecule has 0 bridgehead atoms. The second-order valence-corrected chi connectivity index (χ2v) is 8.62. The predicted molar refractivity (Wildman–Crippen MR) is 118 cm³/mol. The summed E-state index contributed by atoms with van der Waals surface area (Å²) >= 11 is 5.89. The molecule has 4 rings (SSSR count). The van der Waals surface area contributed by atoms with Crippen LogP contribution in [-0.2, 0) is 16.1 Å². The first kappa shape index (κ1) is 23.3. The molecule has 0 spiro atoms. The van der Waals surface area contributed by atoms with Gasteiger partial charge in [0.2, 0.25) is 0 Å². The van der Waals surface area contributed by atoms with Gasteiger partial charge in [-0.05, 0) is 37.1 Å². The van der Waals surface area contributed by atoms with Gasteiger partial charge in [-0.25, -0.2) is 5.01 Å². The second kappa shape index (κ2) is 9.18. The summed E-state index contributed by atoms with van der Waals surface area (Å²) in [7, 11) is 0. The zero-order valence-corrected chi connectivity index (χ0v) is 18.5. The number of hydrazine groups is 1. The number of imide groups is 1. The van der Waals surface area contributed by atoms with Crippen molar-refractivity contribution in [2.45, 2.75) is 32.2 Å². The Morgan fingerprint density at radius 1 is 0.971 bits per heavy atom. The van der Waals surface area contributed by atoms with Gasteiger partial charge in [-0.3, -0.25) is 34.6 Å². The Morgan fingerprint density at radius 3 is 2.09 bits per heavy atom. The molecular weight excluding hydrogens is 468 g/mol. The van der Waals surface area contributed by atoms with Crippen LogP contribution in [-0.4, -0.2) is 37.6 Å². The van der Waals surface area contributed by atoms with E-state index in [1.54, 1.807) is 0 Å². The van der Waals surface area contributed by atoms with E-state index in [0.717, 1.165) is 41.1 Å². The molecule has 2 aliphatic rings. The van der Waals surface area contributed by atoms with Crippen molar-refractivity contribution in [3.8, 4) is 0 Å². The van der Waals surface area contributed by atoms with Crippen molar-refractivity contribution in [1.29, 1.82) is 0 Å². The van der Waals surface area contributed by atoms with Crippen molar-refractivity contribution in [1.82, 2.24) is 10.0 Å². The van der Waals surface area contributed by atoms with Crippen LogP contribution in [0.5, 0.6) is 0 Å². The number of non-ortho nitro benzene ring substituents is 1. The first-order valence-electron chi connectivity index (χ1n) is 10.6. The molecule has 2 aromatic rings. The van der Waals surface area contributed by atoms with Crippen LogP contribution in [0.2, 0.25) is 5.02 Å². The molecular formula is C22H19ClN4O7. The monoisotopic (exact) mass is 486 g/mol. The van der Waals surface area contributed by atoms with E-state index in [2.05, 4.69) is 0 Å². The highest BCUT2D eigenvalue weighted by Gasteiger charge is 2.51. The van der Waals surface area contributed by atoms with E-state index in [1.165, 1.54) is 24.3 Å². The molecule has 3 amide bonds. The van der Waals surface area contributed by atoms with E-state index in [-0.39, 0.29) is 27.5 Å². The zero-order valence-electron chi connectivity index (χ0n) is 17.8. The normalized spacial score (nSPS) is 19.6. The summed E-state index contributed by atoms with van der Waals surface area (Å²) in [5.41, 5.74) is -0.556. The summed E-state index contributed by atoms with van der Waals surface area (Å²) in [6.45, 7) is -0.444. The fourth-order valence-electron chi connectivity index (χ4n) is 4.49. The van der Waals surface area contributed by atoms with E-state index >= 15 is 0 Å². The lowest BCUT2D eigenvalue weighted by atomic mass is 9.81. The number of nitro groups is 2. The van der Waals surface area contributed by atoms with E-state index in [4.69, 9.17) is 11.6 Å². The van der Waals surface area contributed by atoms with Crippen LogP contribution >= 0.6 is 11.6 Å². The Morgan fingerprint density at radius 2 is 1.56 bits per heavy atom. The zero-order chi connectivity index (χ0) is 24.6. The highest BCUT2D eigenvalue weighted by atomic mass is 35.5. The van der Waals surface area contributed by atoms with E-state index in [1.807, 2.05) is 0 Å². The minimum atomic E-state index is -0.792. The Labute approximate surface area is 198 Å². The molecule has 0 radical (unpaired) electrons. The van der Waals surface area contributed by atoms with Crippen molar-refractivity contribution in [3.05, 3.63) is 78.8 Å². The lowest BCUT2D eigenvalue weighted by molar-refractivity contribution is -0.385. The summed E-state index contributed by atoms with van der Waals surface area (Å²) in [4.78, 5) is 61.1. The molecule has 2 atom stereocenters. The second-order valence-electron chi connectivity index (χ2n) is 8.18. The van der Waals surface area contributed by atoms with Crippen molar-refractivity contribution < 1.29 is 24.2 Å². The maximum Gasteiger partial charge on any atom is 0.275 e. The first-order valence-corrected chi connectivity index (χ1v) is 10.9. The van der Waals surface area contributed by atoms with Crippen LogP contribution in [0, 0.1) is 32.1 Å². The van der Waals surface area contributed by atoms with Crippen LogP contribution in [0.15, 0.2) is 42.5 Å².